The van der Waals surface area contributed by atoms with Crippen molar-refractivity contribution >= 4 is 34.2 Å². The number of ether oxygens (including phenoxy) is 2. The first-order valence-electron chi connectivity index (χ1n) is 10.9. The topological polar surface area (TPSA) is 190 Å². The minimum atomic E-state index is -3.15. The standard InChI is InChI=1S/C24H27NO11/c1-10-8-18(30)35-17-9-15(6-7-16(10)17)34-22-20(25-14(5)29)23(32,12(3)27)24(33,13(4)28)21(36-22)19(31)11(2)26/h6-9,19-22,31-33H,1-5H3,(H,25,29)/t19?,20-,21+,22+,23+,24+/m0/s1. The van der Waals surface area contributed by atoms with Crippen molar-refractivity contribution < 1.29 is 48.4 Å². The van der Waals surface area contributed by atoms with Gasteiger partial charge in [0.05, 0.1) is 0 Å². The second kappa shape index (κ2) is 9.54. The van der Waals surface area contributed by atoms with Crippen LogP contribution in [0.4, 0.5) is 0 Å². The molecule has 1 saturated heterocycles. The third-order valence-electron chi connectivity index (χ3n) is 6.31. The molecule has 2 aromatic rings. The number of hydrogen-bond acceptors (Lipinski definition) is 11. The fourth-order valence-corrected chi connectivity index (χ4v) is 4.44. The van der Waals surface area contributed by atoms with Gasteiger partial charge in [0.2, 0.25) is 12.2 Å². The molecule has 194 valence electrons. The van der Waals surface area contributed by atoms with Gasteiger partial charge in [0.25, 0.3) is 0 Å². The van der Waals surface area contributed by atoms with Crippen LogP contribution in [0, 0.1) is 6.92 Å². The number of hydrogen-bond donors (Lipinski definition) is 4. The summed E-state index contributed by atoms with van der Waals surface area (Å²) in [4.78, 5) is 61.2. The number of aliphatic hydroxyl groups is 3. The molecular weight excluding hydrogens is 478 g/mol. The van der Waals surface area contributed by atoms with Crippen molar-refractivity contribution in [2.24, 2.45) is 0 Å². The number of aliphatic hydroxyl groups excluding tert-OH is 1. The predicted octanol–water partition coefficient (Wildman–Crippen LogP) is -0.700. The fourth-order valence-electron chi connectivity index (χ4n) is 4.44. The molecule has 1 aliphatic heterocycles. The molecule has 0 bridgehead atoms. The lowest BCUT2D eigenvalue weighted by Gasteiger charge is -2.54. The molecule has 2 heterocycles. The van der Waals surface area contributed by atoms with Gasteiger partial charge in [-0.25, -0.2) is 4.79 Å². The lowest BCUT2D eigenvalue weighted by Crippen LogP contribution is -2.84. The van der Waals surface area contributed by atoms with Crippen LogP contribution in [0.5, 0.6) is 5.75 Å². The summed E-state index contributed by atoms with van der Waals surface area (Å²) in [6, 6.07) is 3.73. The second-order valence-corrected chi connectivity index (χ2v) is 8.83. The average molecular weight is 505 g/mol. The summed E-state index contributed by atoms with van der Waals surface area (Å²) < 4.78 is 16.6. The van der Waals surface area contributed by atoms with Crippen molar-refractivity contribution in [1.82, 2.24) is 5.32 Å². The predicted molar refractivity (Wildman–Crippen MR) is 122 cm³/mol. The van der Waals surface area contributed by atoms with Crippen molar-refractivity contribution in [1.29, 1.82) is 0 Å². The third kappa shape index (κ3) is 4.32. The van der Waals surface area contributed by atoms with E-state index < -0.39 is 64.6 Å². The summed E-state index contributed by atoms with van der Waals surface area (Å²) >= 11 is 0. The number of rotatable bonds is 7. The molecule has 1 aromatic heterocycles. The van der Waals surface area contributed by atoms with Crippen LogP contribution in [-0.4, -0.2) is 74.3 Å². The zero-order valence-corrected chi connectivity index (χ0v) is 20.2. The number of benzene rings is 1. The summed E-state index contributed by atoms with van der Waals surface area (Å²) in [5.74, 6) is -4.12. The summed E-state index contributed by atoms with van der Waals surface area (Å²) in [7, 11) is 0. The molecule has 1 aromatic carbocycles. The van der Waals surface area contributed by atoms with Crippen LogP contribution in [-0.2, 0) is 23.9 Å². The van der Waals surface area contributed by atoms with Crippen LogP contribution in [0.15, 0.2) is 33.5 Å². The fraction of sp³-hybridized carbons (Fsp3) is 0.458. The Hall–Kier alpha value is -3.45. The van der Waals surface area contributed by atoms with E-state index in [0.29, 0.717) is 10.9 Å². The van der Waals surface area contributed by atoms with Crippen LogP contribution in [0.2, 0.25) is 0 Å². The Morgan fingerprint density at radius 1 is 1.03 bits per heavy atom. The SMILES string of the molecule is CC(=O)N[C@H]1[C@H](Oc2ccc3c(C)cc(=O)oc3c2)O[C@H](C(O)C(C)=O)[C@](O)(C(C)=O)[C@@]1(O)C(C)=O. The maximum Gasteiger partial charge on any atom is 0.336 e. The zero-order valence-electron chi connectivity index (χ0n) is 20.2. The number of aryl methyl sites for hydroxylation is 1. The number of Topliss-reactive ketones (excluding diaryl/α,β-unsaturated/α-hetero) is 3. The lowest BCUT2D eigenvalue weighted by molar-refractivity contribution is -0.307. The number of carbonyl (C=O) groups is 4. The Morgan fingerprint density at radius 2 is 1.64 bits per heavy atom. The van der Waals surface area contributed by atoms with Crippen molar-refractivity contribution in [3.63, 3.8) is 0 Å². The van der Waals surface area contributed by atoms with E-state index in [1.165, 1.54) is 18.2 Å². The molecule has 0 radical (unpaired) electrons. The van der Waals surface area contributed by atoms with Gasteiger partial charge >= 0.3 is 5.63 Å². The Balaban J connectivity index is 2.20. The van der Waals surface area contributed by atoms with Gasteiger partial charge in [-0.05, 0) is 45.4 Å². The Kier molecular flexibility index (Phi) is 7.19. The van der Waals surface area contributed by atoms with Crippen LogP contribution in [0.25, 0.3) is 11.0 Å². The van der Waals surface area contributed by atoms with Gasteiger partial charge < -0.3 is 34.5 Å². The molecule has 1 amide bonds. The first-order valence-corrected chi connectivity index (χ1v) is 10.9. The van der Waals surface area contributed by atoms with Crippen molar-refractivity contribution in [3.8, 4) is 5.75 Å². The number of fused-ring (bicyclic) bond motifs is 1. The van der Waals surface area contributed by atoms with Gasteiger partial charge in [0, 0.05) is 24.4 Å². The molecule has 6 atom stereocenters. The molecule has 0 spiro atoms. The van der Waals surface area contributed by atoms with E-state index in [0.717, 1.165) is 27.7 Å². The smallest absolute Gasteiger partial charge is 0.336 e. The highest BCUT2D eigenvalue weighted by Crippen LogP contribution is 2.42. The summed E-state index contributed by atoms with van der Waals surface area (Å²) in [5.41, 5.74) is -6.10. The molecule has 0 aliphatic carbocycles. The first-order chi connectivity index (χ1) is 16.6. The van der Waals surface area contributed by atoms with Gasteiger partial charge in [-0.1, -0.05) is 0 Å². The van der Waals surface area contributed by atoms with Crippen LogP contribution < -0.4 is 15.7 Å². The van der Waals surface area contributed by atoms with Crippen LogP contribution in [0.1, 0.15) is 33.3 Å². The largest absolute Gasteiger partial charge is 0.462 e. The zero-order chi connectivity index (χ0) is 27.2. The quantitative estimate of drug-likeness (QED) is 0.348. The van der Waals surface area contributed by atoms with Crippen molar-refractivity contribution in [3.05, 3.63) is 40.2 Å². The van der Waals surface area contributed by atoms with E-state index in [9.17, 15) is 39.3 Å². The van der Waals surface area contributed by atoms with E-state index in [1.807, 2.05) is 0 Å². The molecule has 1 aliphatic rings. The van der Waals surface area contributed by atoms with Gasteiger partial charge in [-0.3, -0.25) is 19.2 Å². The molecule has 36 heavy (non-hydrogen) atoms. The Morgan fingerprint density at radius 3 is 2.17 bits per heavy atom. The van der Waals surface area contributed by atoms with Crippen LogP contribution >= 0.6 is 0 Å². The minimum Gasteiger partial charge on any atom is -0.462 e. The molecule has 3 rings (SSSR count). The van der Waals surface area contributed by atoms with Crippen LogP contribution in [0.3, 0.4) is 0 Å². The van der Waals surface area contributed by atoms with E-state index in [2.05, 4.69) is 5.32 Å². The molecular formula is C24H27NO11. The van der Waals surface area contributed by atoms with Crippen molar-refractivity contribution in [2.45, 2.75) is 70.4 Å². The maximum atomic E-state index is 12.8. The van der Waals surface area contributed by atoms with Gasteiger partial charge in [-0.15, -0.1) is 0 Å². The summed E-state index contributed by atoms with van der Waals surface area (Å²) in [6.45, 7) is 5.38. The van der Waals surface area contributed by atoms with E-state index in [-0.39, 0.29) is 11.3 Å². The molecule has 0 saturated carbocycles. The highest BCUT2D eigenvalue weighted by Gasteiger charge is 2.72. The van der Waals surface area contributed by atoms with E-state index in [4.69, 9.17) is 13.9 Å². The highest BCUT2D eigenvalue weighted by atomic mass is 16.7. The minimum absolute atomic E-state index is 0.0215. The summed E-state index contributed by atoms with van der Waals surface area (Å²) in [6.07, 6.45) is -6.13. The monoisotopic (exact) mass is 505 g/mol. The molecule has 12 nitrogen and oxygen atoms in total. The van der Waals surface area contributed by atoms with E-state index in [1.54, 1.807) is 13.0 Å². The van der Waals surface area contributed by atoms with Gasteiger partial charge in [0.1, 0.15) is 29.6 Å². The van der Waals surface area contributed by atoms with Crippen molar-refractivity contribution in [2.75, 3.05) is 0 Å². The average Bonchev–Trinajstić information content (AvgIpc) is 2.77. The third-order valence-corrected chi connectivity index (χ3v) is 6.31. The number of carbonyl (C=O) groups excluding carboxylic acids is 4. The normalized spacial score (nSPS) is 28.8. The van der Waals surface area contributed by atoms with Gasteiger partial charge in [0.15, 0.2) is 28.6 Å². The molecule has 4 N–H and O–H groups in total. The Bertz CT molecular complexity index is 1300. The molecule has 1 fully saturated rings. The second-order valence-electron chi connectivity index (χ2n) is 8.83. The number of nitrogens with one attached hydrogen (secondary N) is 1. The Labute approximate surface area is 204 Å². The lowest BCUT2D eigenvalue weighted by atomic mass is 9.66. The maximum absolute atomic E-state index is 12.8. The van der Waals surface area contributed by atoms with Gasteiger partial charge in [-0.2, -0.15) is 0 Å². The number of ketones is 3. The molecule has 1 unspecified atom stereocenters. The first kappa shape index (κ1) is 27.1. The highest BCUT2D eigenvalue weighted by molar-refractivity contribution is 6.00. The number of amides is 1. The summed E-state index contributed by atoms with van der Waals surface area (Å²) in [5, 5.41) is 36.3. The molecule has 12 heteroatoms. The van der Waals surface area contributed by atoms with E-state index >= 15 is 0 Å².